The fourth-order valence-electron chi connectivity index (χ4n) is 2.89. The van der Waals surface area contributed by atoms with Gasteiger partial charge >= 0.3 is 0 Å². The number of hydrogen-bond acceptors (Lipinski definition) is 5. The zero-order valence-corrected chi connectivity index (χ0v) is 16.4. The van der Waals surface area contributed by atoms with Crippen molar-refractivity contribution in [2.24, 2.45) is 0 Å². The Hall–Kier alpha value is -3.38. The molecule has 0 saturated heterocycles. The molecule has 0 radical (unpaired) electrons. The lowest BCUT2D eigenvalue weighted by Crippen LogP contribution is -2.17. The number of para-hydroxylation sites is 2. The Kier molecular flexibility index (Phi) is 5.44. The van der Waals surface area contributed by atoms with E-state index in [-0.39, 0.29) is 5.91 Å². The Labute approximate surface area is 172 Å². The number of hydrogen-bond donors (Lipinski definition) is 1. The number of methoxy groups -OCH3 is 1. The summed E-state index contributed by atoms with van der Waals surface area (Å²) in [6, 6.07) is 17.3. The van der Waals surface area contributed by atoms with E-state index in [1.54, 1.807) is 55.6 Å². The van der Waals surface area contributed by atoms with Crippen LogP contribution >= 0.6 is 11.6 Å². The van der Waals surface area contributed by atoms with Crippen molar-refractivity contribution in [2.75, 3.05) is 25.6 Å². The van der Waals surface area contributed by atoms with Crippen LogP contribution in [-0.4, -0.2) is 26.2 Å². The highest BCUT2D eigenvalue weighted by atomic mass is 35.5. The van der Waals surface area contributed by atoms with Gasteiger partial charge < -0.3 is 24.3 Å². The summed E-state index contributed by atoms with van der Waals surface area (Å²) in [5, 5.41) is 3.31. The van der Waals surface area contributed by atoms with Crippen molar-refractivity contribution < 1.29 is 23.7 Å². The molecule has 7 heteroatoms. The summed E-state index contributed by atoms with van der Waals surface area (Å²) in [5.74, 6) is 2.37. The van der Waals surface area contributed by atoms with Crippen molar-refractivity contribution >= 4 is 23.2 Å². The van der Waals surface area contributed by atoms with Gasteiger partial charge in [0.05, 0.1) is 12.8 Å². The number of halogens is 1. The van der Waals surface area contributed by atoms with E-state index in [1.807, 2.05) is 12.1 Å². The van der Waals surface area contributed by atoms with Crippen molar-refractivity contribution in [2.45, 2.75) is 0 Å². The minimum Gasteiger partial charge on any atom is -0.493 e. The van der Waals surface area contributed by atoms with Crippen LogP contribution in [0.5, 0.6) is 28.7 Å². The van der Waals surface area contributed by atoms with E-state index in [0.717, 1.165) is 0 Å². The molecule has 0 aliphatic carbocycles. The fourth-order valence-corrected chi connectivity index (χ4v) is 3.06. The highest BCUT2D eigenvalue weighted by Crippen LogP contribution is 2.37. The van der Waals surface area contributed by atoms with Gasteiger partial charge in [-0.15, -0.1) is 0 Å². The number of carbonyl (C=O) groups excluding carboxylic acids is 1. The molecule has 0 fully saturated rings. The van der Waals surface area contributed by atoms with Gasteiger partial charge in [-0.2, -0.15) is 0 Å². The topological polar surface area (TPSA) is 66.0 Å². The maximum absolute atomic E-state index is 12.8. The molecule has 4 rings (SSSR count). The van der Waals surface area contributed by atoms with Gasteiger partial charge in [0.1, 0.15) is 13.2 Å². The smallest absolute Gasteiger partial charge is 0.255 e. The minimum atomic E-state index is -0.325. The lowest BCUT2D eigenvalue weighted by Gasteiger charge is -2.19. The van der Waals surface area contributed by atoms with Crippen molar-refractivity contribution in [3.05, 3.63) is 71.2 Å². The Bertz CT molecular complexity index is 1050. The summed E-state index contributed by atoms with van der Waals surface area (Å²) in [7, 11) is 1.56. The lowest BCUT2D eigenvalue weighted by molar-refractivity contribution is 0.102. The first-order valence-electron chi connectivity index (χ1n) is 8.95. The number of carbonyl (C=O) groups is 1. The van der Waals surface area contributed by atoms with Crippen LogP contribution in [0.15, 0.2) is 60.7 Å². The first-order valence-corrected chi connectivity index (χ1v) is 9.33. The number of benzene rings is 3. The number of nitrogens with one attached hydrogen (secondary N) is 1. The van der Waals surface area contributed by atoms with E-state index in [1.165, 1.54) is 0 Å². The monoisotopic (exact) mass is 411 g/mol. The second-order valence-corrected chi connectivity index (χ2v) is 6.64. The summed E-state index contributed by atoms with van der Waals surface area (Å²) in [4.78, 5) is 12.8. The van der Waals surface area contributed by atoms with Gasteiger partial charge in [-0.05, 0) is 48.5 Å². The summed E-state index contributed by atoms with van der Waals surface area (Å²) >= 11 is 6.13. The Morgan fingerprint density at radius 3 is 2.48 bits per heavy atom. The molecule has 0 unspecified atom stereocenters. The zero-order chi connectivity index (χ0) is 20.2. The van der Waals surface area contributed by atoms with E-state index >= 15 is 0 Å². The third-order valence-electron chi connectivity index (χ3n) is 4.28. The molecule has 0 saturated carbocycles. The first-order chi connectivity index (χ1) is 14.1. The molecule has 3 aromatic rings. The number of fused-ring (bicyclic) bond motifs is 1. The molecule has 0 spiro atoms. The molecular weight excluding hydrogens is 394 g/mol. The van der Waals surface area contributed by atoms with Crippen LogP contribution in [-0.2, 0) is 0 Å². The van der Waals surface area contributed by atoms with Crippen molar-refractivity contribution in [3.63, 3.8) is 0 Å². The van der Waals surface area contributed by atoms with Gasteiger partial charge in [-0.25, -0.2) is 0 Å². The highest BCUT2D eigenvalue weighted by molar-refractivity contribution is 6.31. The standard InChI is InChI=1S/C22H18ClNO5/c1-26-18-4-2-3-5-20(18)29-17-9-7-15(23)13-16(17)24-22(25)14-6-8-19-21(12-14)28-11-10-27-19/h2-9,12-13H,10-11H2,1H3,(H,24,25). The minimum absolute atomic E-state index is 0.325. The zero-order valence-electron chi connectivity index (χ0n) is 15.6. The SMILES string of the molecule is COc1ccccc1Oc1ccc(Cl)cc1NC(=O)c1ccc2c(c1)OCCO2. The molecule has 0 atom stereocenters. The fraction of sp³-hybridized carbons (Fsp3) is 0.136. The molecule has 148 valence electrons. The summed E-state index contributed by atoms with van der Waals surface area (Å²) in [5.41, 5.74) is 0.862. The number of ether oxygens (including phenoxy) is 4. The first kappa shape index (κ1) is 19.0. The van der Waals surface area contributed by atoms with Crippen LogP contribution in [0.2, 0.25) is 5.02 Å². The largest absolute Gasteiger partial charge is 0.493 e. The van der Waals surface area contributed by atoms with Crippen LogP contribution < -0.4 is 24.3 Å². The molecule has 3 aromatic carbocycles. The van der Waals surface area contributed by atoms with Crippen molar-refractivity contribution in [3.8, 4) is 28.7 Å². The predicted molar refractivity (Wildman–Crippen MR) is 110 cm³/mol. The third kappa shape index (κ3) is 4.22. The molecule has 29 heavy (non-hydrogen) atoms. The molecule has 0 bridgehead atoms. The Morgan fingerprint density at radius 2 is 1.69 bits per heavy atom. The highest BCUT2D eigenvalue weighted by Gasteiger charge is 2.17. The van der Waals surface area contributed by atoms with Crippen molar-refractivity contribution in [1.82, 2.24) is 0 Å². The van der Waals surface area contributed by atoms with E-state index in [9.17, 15) is 4.79 Å². The average molecular weight is 412 g/mol. The van der Waals surface area contributed by atoms with Gasteiger partial charge in [0.25, 0.3) is 5.91 Å². The molecular formula is C22H18ClNO5. The molecule has 1 aliphatic heterocycles. The summed E-state index contributed by atoms with van der Waals surface area (Å²) in [6.45, 7) is 0.938. The molecule has 1 heterocycles. The molecule has 6 nitrogen and oxygen atoms in total. The van der Waals surface area contributed by atoms with E-state index in [2.05, 4.69) is 5.32 Å². The number of rotatable bonds is 5. The van der Waals surface area contributed by atoms with Gasteiger partial charge in [0, 0.05) is 10.6 Å². The van der Waals surface area contributed by atoms with Crippen molar-refractivity contribution in [1.29, 1.82) is 0 Å². The van der Waals surface area contributed by atoms with Gasteiger partial charge in [-0.1, -0.05) is 23.7 Å². The van der Waals surface area contributed by atoms with Gasteiger partial charge in [0.15, 0.2) is 28.7 Å². The second kappa shape index (κ2) is 8.32. The van der Waals surface area contributed by atoms with Crippen LogP contribution in [0.3, 0.4) is 0 Å². The quantitative estimate of drug-likeness (QED) is 0.627. The van der Waals surface area contributed by atoms with Crippen LogP contribution in [0.4, 0.5) is 5.69 Å². The Morgan fingerprint density at radius 1 is 0.931 bits per heavy atom. The van der Waals surface area contributed by atoms with Gasteiger partial charge in [0.2, 0.25) is 0 Å². The summed E-state index contributed by atoms with van der Waals surface area (Å²) in [6.07, 6.45) is 0. The maximum Gasteiger partial charge on any atom is 0.255 e. The molecule has 1 amide bonds. The predicted octanol–water partition coefficient (Wildman–Crippen LogP) is 5.16. The Balaban J connectivity index is 1.60. The lowest BCUT2D eigenvalue weighted by atomic mass is 10.1. The van der Waals surface area contributed by atoms with Crippen LogP contribution in [0.25, 0.3) is 0 Å². The second-order valence-electron chi connectivity index (χ2n) is 6.21. The van der Waals surface area contributed by atoms with Gasteiger partial charge in [-0.3, -0.25) is 4.79 Å². The molecule has 0 aromatic heterocycles. The third-order valence-corrected chi connectivity index (χ3v) is 4.52. The van der Waals surface area contributed by atoms with Crippen LogP contribution in [0, 0.1) is 0 Å². The number of anilines is 1. The average Bonchev–Trinajstić information content (AvgIpc) is 2.75. The van der Waals surface area contributed by atoms with Crippen LogP contribution in [0.1, 0.15) is 10.4 Å². The molecule has 1 aliphatic rings. The van der Waals surface area contributed by atoms with E-state index in [0.29, 0.717) is 58.2 Å². The van der Waals surface area contributed by atoms with E-state index in [4.69, 9.17) is 30.5 Å². The number of amides is 1. The maximum atomic E-state index is 12.8. The summed E-state index contributed by atoms with van der Waals surface area (Å²) < 4.78 is 22.3. The molecule has 1 N–H and O–H groups in total. The normalized spacial score (nSPS) is 12.2. The van der Waals surface area contributed by atoms with E-state index < -0.39 is 0 Å².